The molecule has 0 radical (unpaired) electrons. The lowest BCUT2D eigenvalue weighted by atomic mass is 9.94. The minimum Gasteiger partial charge on any atom is -0.398 e. The first-order valence-corrected chi connectivity index (χ1v) is 5.29. The predicted molar refractivity (Wildman–Crippen MR) is 58.7 cm³/mol. The number of benzene rings is 1. The van der Waals surface area contributed by atoms with Gasteiger partial charge >= 0.3 is 0 Å². The van der Waals surface area contributed by atoms with Crippen LogP contribution in [0.15, 0.2) is 16.6 Å². The second-order valence-corrected chi connectivity index (χ2v) is 4.31. The molecule has 0 saturated carbocycles. The first kappa shape index (κ1) is 9.03. The van der Waals surface area contributed by atoms with Crippen LogP contribution in [-0.4, -0.2) is 6.54 Å². The number of anilines is 1. The van der Waals surface area contributed by atoms with Crippen molar-refractivity contribution in [1.82, 2.24) is 5.32 Å². The molecule has 1 aliphatic heterocycles. The Morgan fingerprint density at radius 3 is 3.08 bits per heavy atom. The molecule has 2 nitrogen and oxygen atoms in total. The molecule has 0 fully saturated rings. The monoisotopic (exact) mass is 240 g/mol. The summed E-state index contributed by atoms with van der Waals surface area (Å²) in [6.45, 7) is 3.19. The molecule has 1 aromatic carbocycles. The number of hydrogen-bond acceptors (Lipinski definition) is 2. The van der Waals surface area contributed by atoms with Gasteiger partial charge in [0.2, 0.25) is 0 Å². The van der Waals surface area contributed by atoms with E-state index in [1.54, 1.807) is 0 Å². The Labute approximate surface area is 86.6 Å². The lowest BCUT2D eigenvalue weighted by molar-refractivity contribution is 0.542. The zero-order chi connectivity index (χ0) is 9.42. The zero-order valence-electron chi connectivity index (χ0n) is 7.60. The summed E-state index contributed by atoms with van der Waals surface area (Å²) in [7, 11) is 0. The summed E-state index contributed by atoms with van der Waals surface area (Å²) in [6, 6.07) is 4.60. The molecular formula is C10H13BrN2. The van der Waals surface area contributed by atoms with Crippen LogP contribution in [0, 0.1) is 0 Å². The number of nitrogen functional groups attached to an aromatic ring is 1. The van der Waals surface area contributed by atoms with Crippen molar-refractivity contribution in [3.05, 3.63) is 27.7 Å². The van der Waals surface area contributed by atoms with E-state index in [9.17, 15) is 0 Å². The molecule has 0 saturated heterocycles. The normalized spacial score (nSPS) is 21.2. The van der Waals surface area contributed by atoms with Crippen LogP contribution < -0.4 is 11.1 Å². The fraction of sp³-hybridized carbons (Fsp3) is 0.400. The number of halogens is 1. The number of nitrogens with one attached hydrogen (secondary N) is 1. The van der Waals surface area contributed by atoms with Crippen molar-refractivity contribution in [1.29, 1.82) is 0 Å². The predicted octanol–water partition coefficient (Wildman–Crippen LogP) is 2.24. The van der Waals surface area contributed by atoms with Crippen molar-refractivity contribution < 1.29 is 0 Å². The van der Waals surface area contributed by atoms with Gasteiger partial charge in [0, 0.05) is 16.2 Å². The molecule has 70 valence electrons. The number of hydrogen-bond donors (Lipinski definition) is 2. The second-order valence-electron chi connectivity index (χ2n) is 3.45. The van der Waals surface area contributed by atoms with Gasteiger partial charge in [-0.05, 0) is 53.0 Å². The zero-order valence-corrected chi connectivity index (χ0v) is 9.19. The average Bonchev–Trinajstić information content (AvgIpc) is 2.12. The van der Waals surface area contributed by atoms with Crippen LogP contribution in [0.1, 0.15) is 24.1 Å². The van der Waals surface area contributed by atoms with E-state index >= 15 is 0 Å². The van der Waals surface area contributed by atoms with E-state index in [1.165, 1.54) is 11.1 Å². The van der Waals surface area contributed by atoms with E-state index < -0.39 is 0 Å². The third-order valence-corrected chi connectivity index (χ3v) is 3.32. The van der Waals surface area contributed by atoms with Crippen molar-refractivity contribution in [3.8, 4) is 0 Å². The summed E-state index contributed by atoms with van der Waals surface area (Å²) in [5.41, 5.74) is 9.55. The van der Waals surface area contributed by atoms with Crippen molar-refractivity contribution in [2.75, 3.05) is 12.3 Å². The van der Waals surface area contributed by atoms with Crippen LogP contribution in [0.2, 0.25) is 0 Å². The Hall–Kier alpha value is -0.540. The third kappa shape index (κ3) is 1.46. The highest BCUT2D eigenvalue weighted by Gasteiger charge is 2.18. The maximum absolute atomic E-state index is 5.99. The van der Waals surface area contributed by atoms with Gasteiger partial charge in [0.25, 0.3) is 0 Å². The Morgan fingerprint density at radius 1 is 1.54 bits per heavy atom. The van der Waals surface area contributed by atoms with Gasteiger partial charge < -0.3 is 11.1 Å². The number of nitrogens with two attached hydrogens (primary N) is 1. The SMILES string of the molecule is CC1NCCc2c1ccc(Br)c2N. The van der Waals surface area contributed by atoms with Gasteiger partial charge in [-0.3, -0.25) is 0 Å². The Bertz CT molecular complexity index is 336. The Morgan fingerprint density at radius 2 is 2.31 bits per heavy atom. The van der Waals surface area contributed by atoms with Gasteiger partial charge in [-0.25, -0.2) is 0 Å². The van der Waals surface area contributed by atoms with Crippen LogP contribution in [0.4, 0.5) is 5.69 Å². The lowest BCUT2D eigenvalue weighted by Gasteiger charge is -2.25. The molecule has 3 heteroatoms. The highest BCUT2D eigenvalue weighted by Crippen LogP contribution is 2.32. The molecule has 0 amide bonds. The van der Waals surface area contributed by atoms with E-state index in [-0.39, 0.29) is 0 Å². The molecule has 0 aliphatic carbocycles. The van der Waals surface area contributed by atoms with Crippen molar-refractivity contribution in [2.45, 2.75) is 19.4 Å². The van der Waals surface area contributed by atoms with Crippen LogP contribution in [0.5, 0.6) is 0 Å². The van der Waals surface area contributed by atoms with E-state index in [0.29, 0.717) is 6.04 Å². The van der Waals surface area contributed by atoms with Crippen molar-refractivity contribution in [3.63, 3.8) is 0 Å². The van der Waals surface area contributed by atoms with E-state index in [1.807, 2.05) is 6.07 Å². The highest BCUT2D eigenvalue weighted by molar-refractivity contribution is 9.10. The minimum atomic E-state index is 0.430. The smallest absolute Gasteiger partial charge is 0.0494 e. The molecule has 1 atom stereocenters. The molecule has 3 N–H and O–H groups in total. The first-order valence-electron chi connectivity index (χ1n) is 4.50. The standard InChI is InChI=1S/C10H13BrN2/c1-6-7-2-3-9(11)10(12)8(7)4-5-13-6/h2-3,6,13H,4-5,12H2,1H3. The third-order valence-electron chi connectivity index (χ3n) is 2.63. The summed E-state index contributed by atoms with van der Waals surface area (Å²) in [6.07, 6.45) is 1.03. The number of rotatable bonds is 0. The van der Waals surface area contributed by atoms with Crippen LogP contribution in [0.3, 0.4) is 0 Å². The van der Waals surface area contributed by atoms with Gasteiger partial charge in [-0.1, -0.05) is 6.07 Å². The first-order chi connectivity index (χ1) is 6.20. The maximum atomic E-state index is 5.99. The van der Waals surface area contributed by atoms with E-state index in [4.69, 9.17) is 5.73 Å². The molecule has 0 spiro atoms. The summed E-state index contributed by atoms with van der Waals surface area (Å²) < 4.78 is 1.01. The van der Waals surface area contributed by atoms with Gasteiger partial charge in [-0.15, -0.1) is 0 Å². The van der Waals surface area contributed by atoms with Crippen molar-refractivity contribution >= 4 is 21.6 Å². The molecule has 13 heavy (non-hydrogen) atoms. The quantitative estimate of drug-likeness (QED) is 0.683. The minimum absolute atomic E-state index is 0.430. The maximum Gasteiger partial charge on any atom is 0.0494 e. The fourth-order valence-corrected chi connectivity index (χ4v) is 2.23. The summed E-state index contributed by atoms with van der Waals surface area (Å²) in [4.78, 5) is 0. The molecule has 1 unspecified atom stereocenters. The molecule has 0 aromatic heterocycles. The average molecular weight is 241 g/mol. The summed E-state index contributed by atoms with van der Waals surface area (Å²) in [5.74, 6) is 0. The second kappa shape index (κ2) is 3.31. The molecule has 1 aromatic rings. The highest BCUT2D eigenvalue weighted by atomic mass is 79.9. The molecule has 2 rings (SSSR count). The van der Waals surface area contributed by atoms with Crippen LogP contribution in [0.25, 0.3) is 0 Å². The summed E-state index contributed by atoms with van der Waals surface area (Å²) in [5, 5.41) is 3.41. The Balaban J connectivity index is 2.56. The molecule has 1 aliphatic rings. The van der Waals surface area contributed by atoms with Crippen LogP contribution in [-0.2, 0) is 6.42 Å². The molecule has 1 heterocycles. The topological polar surface area (TPSA) is 38.0 Å². The molecular weight excluding hydrogens is 228 g/mol. The summed E-state index contributed by atoms with van der Waals surface area (Å²) >= 11 is 3.45. The van der Waals surface area contributed by atoms with Gasteiger partial charge in [0.1, 0.15) is 0 Å². The van der Waals surface area contributed by atoms with E-state index in [0.717, 1.165) is 23.1 Å². The fourth-order valence-electron chi connectivity index (χ4n) is 1.86. The van der Waals surface area contributed by atoms with Gasteiger partial charge in [-0.2, -0.15) is 0 Å². The molecule has 0 bridgehead atoms. The lowest BCUT2D eigenvalue weighted by Crippen LogP contribution is -2.28. The van der Waals surface area contributed by atoms with E-state index in [2.05, 4.69) is 34.2 Å². The number of fused-ring (bicyclic) bond motifs is 1. The van der Waals surface area contributed by atoms with Gasteiger partial charge in [0.15, 0.2) is 0 Å². The van der Waals surface area contributed by atoms with Crippen molar-refractivity contribution in [2.24, 2.45) is 0 Å². The largest absolute Gasteiger partial charge is 0.398 e. The van der Waals surface area contributed by atoms with Gasteiger partial charge in [0.05, 0.1) is 0 Å². The van der Waals surface area contributed by atoms with Crippen LogP contribution >= 0.6 is 15.9 Å². The Kier molecular flexibility index (Phi) is 2.30.